The van der Waals surface area contributed by atoms with Gasteiger partial charge in [0.05, 0.1) is 18.8 Å². The molecule has 0 fully saturated rings. The van der Waals surface area contributed by atoms with Crippen molar-refractivity contribution < 1.29 is 19.0 Å². The average molecular weight is 309 g/mol. The van der Waals surface area contributed by atoms with Gasteiger partial charge in [-0.2, -0.15) is 0 Å². The molecule has 1 aromatic rings. The first kappa shape index (κ1) is 16.7. The number of hydrogen-bond acceptors (Lipinski definition) is 3. The summed E-state index contributed by atoms with van der Waals surface area (Å²) in [6, 6.07) is 2.77. The van der Waals surface area contributed by atoms with Gasteiger partial charge in [0.25, 0.3) is 0 Å². The number of amides is 1. The molecule has 0 saturated heterocycles. The zero-order valence-corrected chi connectivity index (χ0v) is 13.5. The predicted octanol–water partition coefficient (Wildman–Crippen LogP) is 3.11. The van der Waals surface area contributed by atoms with E-state index in [0.29, 0.717) is 24.2 Å². The third kappa shape index (κ3) is 3.40. The van der Waals surface area contributed by atoms with E-state index >= 15 is 0 Å². The zero-order chi connectivity index (χ0) is 16.4. The van der Waals surface area contributed by atoms with E-state index in [0.717, 1.165) is 0 Å². The number of hydrogen-bond donors (Lipinski definition) is 2. The van der Waals surface area contributed by atoms with E-state index in [9.17, 15) is 14.3 Å². The Labute approximate surface area is 130 Å². The van der Waals surface area contributed by atoms with E-state index in [1.807, 2.05) is 27.7 Å². The van der Waals surface area contributed by atoms with E-state index in [1.54, 1.807) is 6.07 Å². The fraction of sp³-hybridized carbons (Fsp3) is 0.588. The molecule has 2 atom stereocenters. The van der Waals surface area contributed by atoms with Gasteiger partial charge in [0.1, 0.15) is 0 Å². The second-order valence-electron chi connectivity index (χ2n) is 6.46. The fourth-order valence-corrected chi connectivity index (χ4v) is 2.53. The molecule has 5 heteroatoms. The second kappa shape index (κ2) is 6.65. The Bertz CT molecular complexity index is 557. The Morgan fingerprint density at radius 2 is 2.05 bits per heavy atom. The smallest absolute Gasteiger partial charge is 0.223 e. The lowest BCUT2D eigenvalue weighted by atomic mass is 9.92. The van der Waals surface area contributed by atoms with Crippen LogP contribution in [0.4, 0.5) is 4.39 Å². The maximum atomic E-state index is 14.3. The number of aliphatic hydroxyl groups is 1. The number of carbonyl (C=O) groups is 1. The number of carbonyl (C=O) groups excluding carboxylic acids is 1. The maximum Gasteiger partial charge on any atom is 0.223 e. The van der Waals surface area contributed by atoms with Crippen molar-refractivity contribution in [3.8, 4) is 5.75 Å². The van der Waals surface area contributed by atoms with E-state index in [1.165, 1.54) is 6.07 Å². The average Bonchev–Trinajstić information content (AvgIpc) is 2.46. The minimum absolute atomic E-state index is 0.0225. The first-order valence-electron chi connectivity index (χ1n) is 7.75. The van der Waals surface area contributed by atoms with Gasteiger partial charge in [-0.15, -0.1) is 0 Å². The van der Waals surface area contributed by atoms with Crippen LogP contribution in [0.15, 0.2) is 12.1 Å². The molecule has 0 bridgehead atoms. The molecule has 1 heterocycles. The predicted molar refractivity (Wildman–Crippen MR) is 82.0 cm³/mol. The van der Waals surface area contributed by atoms with Gasteiger partial charge >= 0.3 is 0 Å². The number of ether oxygens (including phenoxy) is 1. The van der Waals surface area contributed by atoms with Crippen LogP contribution in [0.2, 0.25) is 0 Å². The summed E-state index contributed by atoms with van der Waals surface area (Å²) in [6.45, 7) is 7.73. The quantitative estimate of drug-likeness (QED) is 0.898. The number of benzene rings is 1. The minimum Gasteiger partial charge on any atom is -0.490 e. The lowest BCUT2D eigenvalue weighted by Crippen LogP contribution is -2.35. The van der Waals surface area contributed by atoms with Gasteiger partial charge in [0.15, 0.2) is 11.6 Å². The maximum absolute atomic E-state index is 14.3. The molecule has 1 aliphatic heterocycles. The molecule has 2 rings (SSSR count). The van der Waals surface area contributed by atoms with E-state index < -0.39 is 11.9 Å². The van der Waals surface area contributed by atoms with Crippen LogP contribution >= 0.6 is 0 Å². The van der Waals surface area contributed by atoms with Crippen LogP contribution in [0.1, 0.15) is 57.4 Å². The molecule has 2 unspecified atom stereocenters. The standard InChI is InChI=1S/C17H24FNO3/c1-9(2)15(20)11-7-12-14(19-17(21)10(3)4)5-6-22-16(12)13(18)8-11/h7-10,14-15,20H,5-6H2,1-4H3,(H,19,21). The number of rotatable bonds is 4. The topological polar surface area (TPSA) is 58.6 Å². The van der Waals surface area contributed by atoms with Crippen LogP contribution in [0.5, 0.6) is 5.75 Å². The van der Waals surface area contributed by atoms with Crippen molar-refractivity contribution in [2.75, 3.05) is 6.61 Å². The lowest BCUT2D eigenvalue weighted by molar-refractivity contribution is -0.124. The summed E-state index contributed by atoms with van der Waals surface area (Å²) < 4.78 is 19.7. The monoisotopic (exact) mass is 309 g/mol. The normalized spacial score (nSPS) is 18.8. The summed E-state index contributed by atoms with van der Waals surface area (Å²) in [7, 11) is 0. The molecule has 4 nitrogen and oxygen atoms in total. The van der Waals surface area contributed by atoms with Gasteiger partial charge in [-0.25, -0.2) is 4.39 Å². The Morgan fingerprint density at radius 1 is 1.36 bits per heavy atom. The first-order chi connectivity index (χ1) is 10.3. The molecule has 122 valence electrons. The van der Waals surface area contributed by atoms with Gasteiger partial charge in [0, 0.05) is 17.9 Å². The van der Waals surface area contributed by atoms with Crippen LogP contribution in [-0.4, -0.2) is 17.6 Å². The van der Waals surface area contributed by atoms with Gasteiger partial charge in [-0.05, 0) is 23.6 Å². The number of fused-ring (bicyclic) bond motifs is 1. The molecule has 1 amide bonds. The highest BCUT2D eigenvalue weighted by Gasteiger charge is 2.28. The number of aliphatic hydroxyl groups excluding tert-OH is 1. The van der Waals surface area contributed by atoms with Crippen LogP contribution in [0.25, 0.3) is 0 Å². The molecule has 1 aromatic carbocycles. The number of nitrogens with one attached hydrogen (secondary N) is 1. The molecule has 0 saturated carbocycles. The van der Waals surface area contributed by atoms with Crippen molar-refractivity contribution >= 4 is 5.91 Å². The molecule has 0 radical (unpaired) electrons. The summed E-state index contributed by atoms with van der Waals surface area (Å²) in [4.78, 5) is 11.9. The highest BCUT2D eigenvalue weighted by molar-refractivity contribution is 5.78. The Kier molecular flexibility index (Phi) is 5.06. The molecule has 0 spiro atoms. The third-order valence-electron chi connectivity index (χ3n) is 3.94. The van der Waals surface area contributed by atoms with E-state index in [-0.39, 0.29) is 29.5 Å². The van der Waals surface area contributed by atoms with Gasteiger partial charge < -0.3 is 15.2 Å². The van der Waals surface area contributed by atoms with Gasteiger partial charge in [0.2, 0.25) is 5.91 Å². The molecule has 0 aromatic heterocycles. The minimum atomic E-state index is -0.747. The van der Waals surface area contributed by atoms with Crippen molar-refractivity contribution in [3.05, 3.63) is 29.1 Å². The van der Waals surface area contributed by atoms with Crippen molar-refractivity contribution in [3.63, 3.8) is 0 Å². The summed E-state index contributed by atoms with van der Waals surface area (Å²) in [5.41, 5.74) is 1.12. The third-order valence-corrected chi connectivity index (χ3v) is 3.94. The van der Waals surface area contributed by atoms with Crippen molar-refractivity contribution in [1.29, 1.82) is 0 Å². The summed E-state index contributed by atoms with van der Waals surface area (Å²) in [5.74, 6) is -0.546. The van der Waals surface area contributed by atoms with Crippen LogP contribution < -0.4 is 10.1 Å². The highest BCUT2D eigenvalue weighted by Crippen LogP contribution is 2.37. The largest absolute Gasteiger partial charge is 0.490 e. The number of halogens is 1. The Hall–Kier alpha value is -1.62. The summed E-state index contributed by atoms with van der Waals surface area (Å²) in [5, 5.41) is 13.1. The molecular formula is C17H24FNO3. The van der Waals surface area contributed by atoms with Crippen molar-refractivity contribution in [2.45, 2.75) is 46.3 Å². The lowest BCUT2D eigenvalue weighted by Gasteiger charge is -2.29. The van der Waals surface area contributed by atoms with Crippen LogP contribution in [0, 0.1) is 17.7 Å². The van der Waals surface area contributed by atoms with Gasteiger partial charge in [-0.3, -0.25) is 4.79 Å². The summed E-state index contributed by atoms with van der Waals surface area (Å²) >= 11 is 0. The van der Waals surface area contributed by atoms with E-state index in [4.69, 9.17) is 4.74 Å². The molecule has 2 N–H and O–H groups in total. The molecular weight excluding hydrogens is 285 g/mol. The molecule has 0 aliphatic carbocycles. The van der Waals surface area contributed by atoms with E-state index in [2.05, 4.69) is 5.32 Å². The second-order valence-corrected chi connectivity index (χ2v) is 6.46. The zero-order valence-electron chi connectivity index (χ0n) is 13.5. The van der Waals surface area contributed by atoms with Crippen molar-refractivity contribution in [2.24, 2.45) is 11.8 Å². The highest BCUT2D eigenvalue weighted by atomic mass is 19.1. The molecule has 22 heavy (non-hydrogen) atoms. The summed E-state index contributed by atoms with van der Waals surface area (Å²) in [6.07, 6.45) is -0.158. The van der Waals surface area contributed by atoms with Gasteiger partial charge in [-0.1, -0.05) is 27.7 Å². The Balaban J connectivity index is 2.37. The SMILES string of the molecule is CC(C)C(=O)NC1CCOc2c(F)cc(C(O)C(C)C)cc21. The fourth-order valence-electron chi connectivity index (χ4n) is 2.53. The Morgan fingerprint density at radius 3 is 2.64 bits per heavy atom. The first-order valence-corrected chi connectivity index (χ1v) is 7.75. The van der Waals surface area contributed by atoms with Crippen LogP contribution in [-0.2, 0) is 4.79 Å². The van der Waals surface area contributed by atoms with Crippen molar-refractivity contribution in [1.82, 2.24) is 5.32 Å². The van der Waals surface area contributed by atoms with Crippen LogP contribution in [0.3, 0.4) is 0 Å². The molecule has 1 aliphatic rings.